The second kappa shape index (κ2) is 84.1. The van der Waals surface area contributed by atoms with Crippen molar-refractivity contribution in [3.63, 3.8) is 0 Å². The number of carbonyl (C=O) groups is 4. The van der Waals surface area contributed by atoms with Crippen LogP contribution in [-0.4, -0.2) is 96.7 Å². The third kappa shape index (κ3) is 84.5. The van der Waals surface area contributed by atoms with Crippen molar-refractivity contribution in [1.29, 1.82) is 0 Å². The van der Waals surface area contributed by atoms with Crippen LogP contribution in [0.1, 0.15) is 504 Å². The third-order valence-corrected chi connectivity index (χ3v) is 24.2. The first-order chi connectivity index (χ1) is 54.4. The number of aliphatic hydroxyl groups is 1. The van der Waals surface area contributed by atoms with Crippen LogP contribution < -0.4 is 0 Å². The molecule has 0 radical (unpaired) electrons. The van der Waals surface area contributed by atoms with Crippen LogP contribution in [0.25, 0.3) is 0 Å². The summed E-state index contributed by atoms with van der Waals surface area (Å²) >= 11 is 0. The van der Waals surface area contributed by atoms with Gasteiger partial charge in [-0.15, -0.1) is 0 Å². The molecule has 0 aliphatic rings. The van der Waals surface area contributed by atoms with Crippen molar-refractivity contribution < 1.29 is 80.2 Å². The number of phosphoric acid groups is 2. The van der Waals surface area contributed by atoms with Gasteiger partial charge >= 0.3 is 39.5 Å². The normalized spacial score (nSPS) is 13.9. The molecule has 0 amide bonds. The smallest absolute Gasteiger partial charge is 0.462 e. The lowest BCUT2D eigenvalue weighted by Crippen LogP contribution is -2.30. The lowest BCUT2D eigenvalue weighted by Gasteiger charge is -2.21. The fourth-order valence-electron chi connectivity index (χ4n) is 14.6. The molecular formula is C93H182O17P2. The van der Waals surface area contributed by atoms with Crippen LogP contribution in [0.15, 0.2) is 0 Å². The SMILES string of the molecule is CCCCCCCCCCCCCCCCCCCC(=O)O[C@H](COC(=O)CCCCCCCCCCCCCC)COP(=O)(O)OC[C@H](O)COP(=O)(O)OC[C@@H](COC(=O)CCCCCCCCCCCCCCCCCCCCC(C)C)OC(=O)CCCCCCCCCCCCCCCCCCCCC(C)CC. The molecule has 0 aromatic heterocycles. The summed E-state index contributed by atoms with van der Waals surface area (Å²) < 4.78 is 69.1. The Kier molecular flexibility index (Phi) is 82.6. The lowest BCUT2D eigenvalue weighted by atomic mass is 9.99. The number of unbranched alkanes of at least 4 members (excludes halogenated alkanes) is 61. The summed E-state index contributed by atoms with van der Waals surface area (Å²) in [5.41, 5.74) is 0. The standard InChI is InChI=1S/C93H182O17P2/c1-7-10-12-14-16-18-20-22-23-28-36-41-47-53-59-65-71-77-92(97)109-88(81-103-90(95)75-69-63-57-51-45-21-19-17-15-13-11-8-2)83-107-111(99,100)105-79-87(94)80-106-112(101,102)108-84-89(82-104-91(96)76-70-64-58-52-46-40-35-31-26-24-29-33-38-43-49-55-61-67-73-85(4)5)110-93(98)78-72-66-60-54-48-42-37-32-27-25-30-34-39-44-50-56-62-68-74-86(6)9-3/h85-89,94H,7-84H2,1-6H3,(H,99,100)(H,101,102)/t86?,87-,88+,89+/m0/s1. The minimum Gasteiger partial charge on any atom is -0.462 e. The molecule has 19 heteroatoms. The average molecular weight is 1630 g/mol. The Labute approximate surface area is 689 Å². The van der Waals surface area contributed by atoms with Crippen molar-refractivity contribution in [2.45, 2.75) is 522 Å². The number of hydrogen-bond donors (Lipinski definition) is 3. The predicted molar refractivity (Wildman–Crippen MR) is 465 cm³/mol. The van der Waals surface area contributed by atoms with E-state index in [9.17, 15) is 43.2 Å². The quantitative estimate of drug-likeness (QED) is 0.0222. The van der Waals surface area contributed by atoms with Gasteiger partial charge in [-0.05, 0) is 37.5 Å². The monoisotopic (exact) mass is 1630 g/mol. The highest BCUT2D eigenvalue weighted by Gasteiger charge is 2.31. The molecule has 666 valence electrons. The molecule has 0 aromatic carbocycles. The van der Waals surface area contributed by atoms with Gasteiger partial charge in [-0.1, -0.05) is 452 Å². The Morgan fingerprint density at radius 2 is 0.455 bits per heavy atom. The van der Waals surface area contributed by atoms with Gasteiger partial charge < -0.3 is 33.8 Å². The third-order valence-electron chi connectivity index (χ3n) is 22.3. The van der Waals surface area contributed by atoms with Crippen LogP contribution in [-0.2, 0) is 65.4 Å². The molecule has 0 heterocycles. The van der Waals surface area contributed by atoms with Crippen molar-refractivity contribution in [2.24, 2.45) is 11.8 Å². The minimum absolute atomic E-state index is 0.109. The number of phosphoric ester groups is 2. The summed E-state index contributed by atoms with van der Waals surface area (Å²) in [6.45, 7) is 9.82. The summed E-state index contributed by atoms with van der Waals surface area (Å²) in [6, 6.07) is 0. The van der Waals surface area contributed by atoms with Gasteiger partial charge in [-0.25, -0.2) is 9.13 Å². The summed E-state index contributed by atoms with van der Waals surface area (Å²) in [5.74, 6) is -0.397. The van der Waals surface area contributed by atoms with E-state index in [0.29, 0.717) is 25.7 Å². The van der Waals surface area contributed by atoms with Crippen LogP contribution in [0.5, 0.6) is 0 Å². The first-order valence-electron chi connectivity index (χ1n) is 48.0. The van der Waals surface area contributed by atoms with E-state index in [-0.39, 0.29) is 25.7 Å². The number of esters is 4. The van der Waals surface area contributed by atoms with E-state index in [2.05, 4.69) is 41.5 Å². The summed E-state index contributed by atoms with van der Waals surface area (Å²) in [6.07, 6.45) is 79.1. The molecule has 0 fully saturated rings. The zero-order chi connectivity index (χ0) is 82.0. The first kappa shape index (κ1) is 110. The number of hydrogen-bond acceptors (Lipinski definition) is 15. The fraction of sp³-hybridized carbons (Fsp3) is 0.957. The maximum Gasteiger partial charge on any atom is 0.472 e. The molecule has 0 saturated heterocycles. The van der Waals surface area contributed by atoms with Crippen LogP contribution in [0.3, 0.4) is 0 Å². The fourth-order valence-corrected chi connectivity index (χ4v) is 16.2. The van der Waals surface area contributed by atoms with E-state index in [1.807, 2.05) is 0 Å². The van der Waals surface area contributed by atoms with Gasteiger partial charge in [0.25, 0.3) is 0 Å². The van der Waals surface area contributed by atoms with Crippen molar-refractivity contribution >= 4 is 39.5 Å². The van der Waals surface area contributed by atoms with Gasteiger partial charge in [0.05, 0.1) is 26.4 Å². The molecule has 0 aliphatic heterocycles. The van der Waals surface area contributed by atoms with Gasteiger partial charge in [-0.2, -0.15) is 0 Å². The highest BCUT2D eigenvalue weighted by atomic mass is 31.2. The van der Waals surface area contributed by atoms with Crippen molar-refractivity contribution in [3.8, 4) is 0 Å². The predicted octanol–water partition coefficient (Wildman–Crippen LogP) is 29.0. The van der Waals surface area contributed by atoms with Crippen LogP contribution >= 0.6 is 15.6 Å². The Morgan fingerprint density at radius 1 is 0.259 bits per heavy atom. The Bertz CT molecular complexity index is 2130. The molecule has 0 aromatic rings. The van der Waals surface area contributed by atoms with Crippen LogP contribution in [0.4, 0.5) is 0 Å². The summed E-state index contributed by atoms with van der Waals surface area (Å²) in [4.78, 5) is 73.5. The molecule has 6 atom stereocenters. The van der Waals surface area contributed by atoms with Crippen molar-refractivity contribution in [1.82, 2.24) is 0 Å². The number of rotatable bonds is 92. The Hall–Kier alpha value is -1.94. The van der Waals surface area contributed by atoms with Crippen molar-refractivity contribution in [2.75, 3.05) is 39.6 Å². The maximum atomic E-state index is 13.2. The topological polar surface area (TPSA) is 237 Å². The zero-order valence-corrected chi connectivity index (χ0v) is 75.8. The van der Waals surface area contributed by atoms with E-state index in [4.69, 9.17) is 37.0 Å². The van der Waals surface area contributed by atoms with Crippen molar-refractivity contribution in [3.05, 3.63) is 0 Å². The van der Waals surface area contributed by atoms with Gasteiger partial charge in [0.2, 0.25) is 0 Å². The molecule has 0 aliphatic carbocycles. The average Bonchev–Trinajstić information content (AvgIpc) is 0.836. The van der Waals surface area contributed by atoms with E-state index in [1.165, 1.54) is 321 Å². The van der Waals surface area contributed by atoms with Crippen LogP contribution in [0.2, 0.25) is 0 Å². The molecule has 17 nitrogen and oxygen atoms in total. The molecule has 0 bridgehead atoms. The second-order valence-corrected chi connectivity index (χ2v) is 37.0. The van der Waals surface area contributed by atoms with E-state index in [1.54, 1.807) is 0 Å². The highest BCUT2D eigenvalue weighted by Crippen LogP contribution is 2.45. The van der Waals surface area contributed by atoms with Gasteiger partial charge in [-0.3, -0.25) is 37.3 Å². The summed E-state index contributed by atoms with van der Waals surface area (Å²) in [5, 5.41) is 10.7. The number of ether oxygens (including phenoxy) is 4. The van der Waals surface area contributed by atoms with Crippen LogP contribution in [0, 0.1) is 11.8 Å². The second-order valence-electron chi connectivity index (χ2n) is 34.1. The zero-order valence-electron chi connectivity index (χ0n) is 74.0. The highest BCUT2D eigenvalue weighted by molar-refractivity contribution is 7.47. The molecule has 112 heavy (non-hydrogen) atoms. The largest absolute Gasteiger partial charge is 0.472 e. The minimum atomic E-state index is -4.97. The van der Waals surface area contributed by atoms with Gasteiger partial charge in [0.1, 0.15) is 19.3 Å². The number of carbonyl (C=O) groups excluding carboxylic acids is 4. The molecule has 0 spiro atoms. The maximum absolute atomic E-state index is 13.2. The summed E-state index contributed by atoms with van der Waals surface area (Å²) in [7, 11) is -9.94. The van der Waals surface area contributed by atoms with Gasteiger partial charge in [0, 0.05) is 25.7 Å². The number of aliphatic hydroxyl groups excluding tert-OH is 1. The van der Waals surface area contributed by atoms with E-state index >= 15 is 0 Å². The Balaban J connectivity index is 5.24. The van der Waals surface area contributed by atoms with Gasteiger partial charge in [0.15, 0.2) is 12.2 Å². The first-order valence-corrected chi connectivity index (χ1v) is 51.0. The Morgan fingerprint density at radius 3 is 0.679 bits per heavy atom. The lowest BCUT2D eigenvalue weighted by molar-refractivity contribution is -0.161. The molecule has 3 N–H and O–H groups in total. The molecule has 3 unspecified atom stereocenters. The molecule has 0 rings (SSSR count). The molecule has 0 saturated carbocycles. The van der Waals surface area contributed by atoms with E-state index < -0.39 is 97.5 Å². The van der Waals surface area contributed by atoms with E-state index in [0.717, 1.165) is 102 Å². The molecular weight excluding hydrogens is 1450 g/mol.